The molecule has 0 spiro atoms. The van der Waals surface area contributed by atoms with E-state index in [4.69, 9.17) is 36.2 Å². The van der Waals surface area contributed by atoms with Crippen molar-refractivity contribution in [2.24, 2.45) is 0 Å². The van der Waals surface area contributed by atoms with Gasteiger partial charge in [0, 0.05) is 4.47 Å². The predicted molar refractivity (Wildman–Crippen MR) is 64.9 cm³/mol. The van der Waals surface area contributed by atoms with Gasteiger partial charge in [-0.2, -0.15) is 0 Å². The molecule has 0 fully saturated rings. The van der Waals surface area contributed by atoms with Gasteiger partial charge in [0.15, 0.2) is 4.27 Å². The first-order valence-corrected chi connectivity index (χ1v) is 5.56. The molecule has 0 heterocycles. The monoisotopic (exact) mass is 303 g/mol. The van der Waals surface area contributed by atoms with E-state index in [1.54, 1.807) is 0 Å². The van der Waals surface area contributed by atoms with E-state index in [2.05, 4.69) is 47.1 Å². The van der Waals surface area contributed by atoms with E-state index in [1.807, 2.05) is 0 Å². The van der Waals surface area contributed by atoms with Crippen molar-refractivity contribution < 1.29 is 1.37 Å². The lowest BCUT2D eigenvalue weighted by atomic mass is 10.2. The number of alkyl halides is 3. The second-order valence-corrected chi connectivity index (χ2v) is 4.82. The maximum atomic E-state index is 6.23. The van der Waals surface area contributed by atoms with Crippen LogP contribution in [0.4, 0.5) is 0 Å². The molecule has 0 aliphatic carbocycles. The van der Waals surface area contributed by atoms with Gasteiger partial charge < -0.3 is 0 Å². The van der Waals surface area contributed by atoms with Crippen LogP contribution in [-0.4, -0.2) is 4.27 Å². The van der Waals surface area contributed by atoms with Gasteiger partial charge in [0.1, 0.15) is 0 Å². The minimum Gasteiger partial charge on any atom is -0.0874 e. The Labute approximate surface area is 104 Å². The summed E-state index contributed by atoms with van der Waals surface area (Å²) in [5.74, 6) is 0. The fourth-order valence-electron chi connectivity index (χ4n) is 0.720. The van der Waals surface area contributed by atoms with Crippen LogP contribution >= 0.6 is 50.7 Å². The average Bonchev–Trinajstić information content (AvgIpc) is 2.03. The third-order valence-corrected chi connectivity index (χ3v) is 1.85. The molecule has 0 aliphatic heterocycles. The van der Waals surface area contributed by atoms with E-state index in [0.29, 0.717) is 0 Å². The molecule has 0 unspecified atom stereocenters. The first-order valence-electron chi connectivity index (χ1n) is 4.14. The molecule has 0 N–H and O–H groups in total. The molecule has 0 radical (unpaired) electrons. The van der Waals surface area contributed by atoms with Crippen molar-refractivity contribution in [1.82, 2.24) is 0 Å². The van der Waals surface area contributed by atoms with Gasteiger partial charge >= 0.3 is 0 Å². The molecule has 0 aliphatic rings. The van der Waals surface area contributed by atoms with Crippen LogP contribution in [0.3, 0.4) is 0 Å². The molecular formula is C9H10BrCl3. The van der Waals surface area contributed by atoms with Crippen molar-refractivity contribution >= 4 is 50.7 Å². The minimum atomic E-state index is -1.83. The zero-order valence-electron chi connectivity index (χ0n) is 8.03. The summed E-state index contributed by atoms with van der Waals surface area (Å²) >= 11 is 17.6. The van der Waals surface area contributed by atoms with Gasteiger partial charge in [-0.05, 0) is 24.1 Å². The van der Waals surface area contributed by atoms with E-state index < -0.39 is 4.27 Å². The maximum Gasteiger partial charge on any atom is 0.180 e. The van der Waals surface area contributed by atoms with Crippen LogP contribution in [0.15, 0.2) is 28.7 Å². The van der Waals surface area contributed by atoms with Crippen LogP contribution in [0, 0.1) is 0 Å². The summed E-state index contributed by atoms with van der Waals surface area (Å²) in [4.78, 5) is 0. The Hall–Kier alpha value is 0.570. The standard InChI is InChI=1S/C8H9Br.CHCl3/c1-2-7-3-5-8(9)6-4-7;2-1(3)4/h3-6H,2H2,1H3;1H/i;1D. The summed E-state index contributed by atoms with van der Waals surface area (Å²) in [6.07, 6.45) is 1.12. The van der Waals surface area contributed by atoms with Crippen molar-refractivity contribution in [1.29, 1.82) is 0 Å². The van der Waals surface area contributed by atoms with Crippen LogP contribution < -0.4 is 0 Å². The van der Waals surface area contributed by atoms with E-state index in [9.17, 15) is 0 Å². The van der Waals surface area contributed by atoms with Crippen LogP contribution in [0.2, 0.25) is 0 Å². The Morgan fingerprint density at radius 3 is 2.00 bits per heavy atom. The number of halogens is 4. The van der Waals surface area contributed by atoms with E-state index in [0.717, 1.165) is 10.9 Å². The largest absolute Gasteiger partial charge is 0.180 e. The zero-order chi connectivity index (χ0) is 11.2. The topological polar surface area (TPSA) is 0 Å². The van der Waals surface area contributed by atoms with Gasteiger partial charge in [-0.1, -0.05) is 69.8 Å². The average molecular weight is 305 g/mol. The first-order chi connectivity index (χ1) is 6.33. The number of aryl methyl sites for hydroxylation is 1. The van der Waals surface area contributed by atoms with Gasteiger partial charge in [0.05, 0.1) is 1.37 Å². The molecule has 0 bridgehead atoms. The summed E-state index contributed by atoms with van der Waals surface area (Å²) in [6, 6.07) is 8.39. The van der Waals surface area contributed by atoms with Gasteiger partial charge in [0.25, 0.3) is 0 Å². The Balaban J connectivity index is 0.000000292. The van der Waals surface area contributed by atoms with Gasteiger partial charge in [-0.3, -0.25) is 0 Å². The summed E-state index contributed by atoms with van der Waals surface area (Å²) in [7, 11) is 0. The molecule has 13 heavy (non-hydrogen) atoms. The molecule has 0 saturated carbocycles. The highest BCUT2D eigenvalue weighted by Crippen LogP contribution is 2.10. The SMILES string of the molecule is CCc1ccc(Br)cc1.[2H]C(Cl)(Cl)Cl. The van der Waals surface area contributed by atoms with Crippen LogP contribution in [0.25, 0.3) is 0 Å². The van der Waals surface area contributed by atoms with Crippen molar-refractivity contribution in [3.05, 3.63) is 34.3 Å². The first kappa shape index (κ1) is 11.6. The summed E-state index contributed by atoms with van der Waals surface area (Å²) in [6.45, 7) is 2.16. The molecule has 0 nitrogen and oxygen atoms in total. The van der Waals surface area contributed by atoms with Gasteiger partial charge in [-0.25, -0.2) is 0 Å². The van der Waals surface area contributed by atoms with Crippen molar-refractivity contribution in [2.75, 3.05) is 0 Å². The Morgan fingerprint density at radius 1 is 1.31 bits per heavy atom. The number of hydrogen-bond acceptors (Lipinski definition) is 0. The van der Waals surface area contributed by atoms with Gasteiger partial charge in [0.2, 0.25) is 0 Å². The maximum absolute atomic E-state index is 6.23. The highest BCUT2D eigenvalue weighted by atomic mass is 79.9. The van der Waals surface area contributed by atoms with Crippen molar-refractivity contribution in [3.8, 4) is 0 Å². The highest BCUT2D eigenvalue weighted by Gasteiger charge is 1.86. The van der Waals surface area contributed by atoms with E-state index in [-0.39, 0.29) is 0 Å². The molecule has 1 aromatic rings. The lowest BCUT2D eigenvalue weighted by molar-refractivity contribution is 1.14. The Morgan fingerprint density at radius 2 is 1.69 bits per heavy atom. The van der Waals surface area contributed by atoms with Crippen LogP contribution in [0.5, 0.6) is 0 Å². The number of rotatable bonds is 1. The predicted octanol–water partition coefficient (Wildman–Crippen LogP) is 5.00. The smallest absolute Gasteiger partial charge is 0.0874 e. The fourth-order valence-corrected chi connectivity index (χ4v) is 0.984. The molecule has 74 valence electrons. The van der Waals surface area contributed by atoms with E-state index >= 15 is 0 Å². The molecule has 0 aromatic heterocycles. The molecular weight excluding hydrogens is 294 g/mol. The Kier molecular flexibility index (Phi) is 7.10. The molecule has 4 heteroatoms. The quantitative estimate of drug-likeness (QED) is 0.641. The Bertz CT molecular complexity index is 250. The highest BCUT2D eigenvalue weighted by molar-refractivity contribution is 9.10. The van der Waals surface area contributed by atoms with Gasteiger partial charge in [-0.15, -0.1) is 0 Å². The lowest BCUT2D eigenvalue weighted by Gasteiger charge is -1.93. The fraction of sp³-hybridized carbons (Fsp3) is 0.333. The lowest BCUT2D eigenvalue weighted by Crippen LogP contribution is -1.75. The van der Waals surface area contributed by atoms with E-state index in [1.165, 1.54) is 5.56 Å². The number of benzene rings is 1. The van der Waals surface area contributed by atoms with Crippen LogP contribution in [0.1, 0.15) is 13.9 Å². The summed E-state index contributed by atoms with van der Waals surface area (Å²) < 4.78 is 5.55. The summed E-state index contributed by atoms with van der Waals surface area (Å²) in [5.41, 5.74) is 1.39. The zero-order valence-corrected chi connectivity index (χ0v) is 10.9. The third kappa shape index (κ3) is 8.89. The summed E-state index contributed by atoms with van der Waals surface area (Å²) in [5, 5.41) is 0. The van der Waals surface area contributed by atoms with Crippen molar-refractivity contribution in [2.45, 2.75) is 17.6 Å². The second kappa shape index (κ2) is 7.93. The number of hydrogen-bond donors (Lipinski definition) is 0. The van der Waals surface area contributed by atoms with Crippen LogP contribution in [-0.2, 0) is 6.42 Å². The molecule has 0 amide bonds. The second-order valence-electron chi connectivity index (χ2n) is 2.19. The third-order valence-electron chi connectivity index (χ3n) is 1.32. The normalized spacial score (nSPS) is 11.3. The minimum absolute atomic E-state index is 1.12. The molecule has 1 aromatic carbocycles. The van der Waals surface area contributed by atoms with Crippen molar-refractivity contribution in [3.63, 3.8) is 0 Å². The molecule has 0 saturated heterocycles. The molecule has 1 rings (SSSR count). The molecule has 0 atom stereocenters.